The standard InChI is InChI=1S/C9H7N3O2/c10-6-9(3-4-9)8-7(12(13)14)2-1-5-11-8/h1-2,5H,3-4H2. The van der Waals surface area contributed by atoms with Crippen LogP contribution < -0.4 is 0 Å². The van der Waals surface area contributed by atoms with Crippen LogP contribution in [0.1, 0.15) is 18.5 Å². The summed E-state index contributed by atoms with van der Waals surface area (Å²) < 4.78 is 0. The van der Waals surface area contributed by atoms with E-state index >= 15 is 0 Å². The van der Waals surface area contributed by atoms with Crippen molar-refractivity contribution in [2.75, 3.05) is 0 Å². The Morgan fingerprint density at radius 2 is 2.36 bits per heavy atom. The Hall–Kier alpha value is -1.96. The maximum atomic E-state index is 10.7. The normalized spacial score (nSPS) is 17.1. The molecule has 0 aromatic carbocycles. The summed E-state index contributed by atoms with van der Waals surface area (Å²) in [5.74, 6) is 0. The van der Waals surface area contributed by atoms with Crippen molar-refractivity contribution in [3.63, 3.8) is 0 Å². The average Bonchev–Trinajstić information content (AvgIpc) is 2.98. The van der Waals surface area contributed by atoms with Gasteiger partial charge in [-0.1, -0.05) is 0 Å². The molecule has 5 heteroatoms. The number of aromatic nitrogens is 1. The molecule has 1 aliphatic carbocycles. The summed E-state index contributed by atoms with van der Waals surface area (Å²) in [7, 11) is 0. The van der Waals surface area contributed by atoms with Gasteiger partial charge in [-0.15, -0.1) is 0 Å². The van der Waals surface area contributed by atoms with Crippen LogP contribution in [0.2, 0.25) is 0 Å². The average molecular weight is 189 g/mol. The van der Waals surface area contributed by atoms with Gasteiger partial charge >= 0.3 is 0 Å². The van der Waals surface area contributed by atoms with Crippen LogP contribution in [-0.4, -0.2) is 9.91 Å². The van der Waals surface area contributed by atoms with E-state index in [1.165, 1.54) is 18.3 Å². The predicted molar refractivity (Wildman–Crippen MR) is 47.4 cm³/mol. The predicted octanol–water partition coefficient (Wildman–Crippen LogP) is 1.54. The first kappa shape index (κ1) is 8.63. The minimum atomic E-state index is -0.691. The highest BCUT2D eigenvalue weighted by Gasteiger charge is 2.50. The van der Waals surface area contributed by atoms with Gasteiger partial charge in [0, 0.05) is 12.3 Å². The molecule has 5 nitrogen and oxygen atoms in total. The second kappa shape index (κ2) is 2.77. The van der Waals surface area contributed by atoms with E-state index < -0.39 is 10.3 Å². The molecule has 70 valence electrons. The first-order valence-electron chi connectivity index (χ1n) is 4.21. The Labute approximate surface area is 80.2 Å². The second-order valence-corrected chi connectivity index (χ2v) is 3.32. The van der Waals surface area contributed by atoms with Crippen molar-refractivity contribution in [1.29, 1.82) is 5.26 Å². The van der Waals surface area contributed by atoms with Crippen LogP contribution in [0.4, 0.5) is 5.69 Å². The number of pyridine rings is 1. The molecular formula is C9H7N3O2. The van der Waals surface area contributed by atoms with Crippen LogP contribution in [0.3, 0.4) is 0 Å². The van der Waals surface area contributed by atoms with Gasteiger partial charge in [0.1, 0.15) is 11.1 Å². The fourth-order valence-corrected chi connectivity index (χ4v) is 1.44. The van der Waals surface area contributed by atoms with Gasteiger partial charge in [0.25, 0.3) is 5.69 Å². The highest BCUT2D eigenvalue weighted by molar-refractivity contribution is 5.47. The minimum absolute atomic E-state index is 0.0495. The molecule has 0 N–H and O–H groups in total. The molecule has 2 rings (SSSR count). The van der Waals surface area contributed by atoms with Gasteiger partial charge in [-0.25, -0.2) is 0 Å². The number of nitriles is 1. The van der Waals surface area contributed by atoms with Gasteiger partial charge in [0.05, 0.1) is 11.0 Å². The van der Waals surface area contributed by atoms with Gasteiger partial charge in [-0.05, 0) is 18.9 Å². The van der Waals surface area contributed by atoms with E-state index in [2.05, 4.69) is 11.1 Å². The lowest BCUT2D eigenvalue weighted by molar-refractivity contribution is -0.386. The summed E-state index contributed by atoms with van der Waals surface area (Å²) in [6.45, 7) is 0. The van der Waals surface area contributed by atoms with Gasteiger partial charge < -0.3 is 0 Å². The van der Waals surface area contributed by atoms with Gasteiger partial charge in [-0.3, -0.25) is 15.1 Å². The SMILES string of the molecule is N#CC1(c2ncccc2[N+](=O)[O-])CC1. The first-order chi connectivity index (χ1) is 6.69. The zero-order valence-electron chi connectivity index (χ0n) is 7.30. The number of hydrogen-bond acceptors (Lipinski definition) is 4. The molecule has 1 aromatic heterocycles. The zero-order valence-corrected chi connectivity index (χ0v) is 7.30. The summed E-state index contributed by atoms with van der Waals surface area (Å²) in [6.07, 6.45) is 2.82. The van der Waals surface area contributed by atoms with E-state index in [0.29, 0.717) is 18.5 Å². The number of rotatable bonds is 2. The molecule has 1 heterocycles. The highest BCUT2D eigenvalue weighted by Crippen LogP contribution is 2.49. The Morgan fingerprint density at radius 3 is 2.86 bits per heavy atom. The molecule has 0 aliphatic heterocycles. The van der Waals surface area contributed by atoms with Gasteiger partial charge in [-0.2, -0.15) is 5.26 Å². The summed E-state index contributed by atoms with van der Waals surface area (Å²) in [5.41, 5.74) is -0.428. The summed E-state index contributed by atoms with van der Waals surface area (Å²) in [4.78, 5) is 14.1. The fourth-order valence-electron chi connectivity index (χ4n) is 1.44. The molecule has 1 saturated carbocycles. The van der Waals surface area contributed by atoms with Crippen molar-refractivity contribution < 1.29 is 4.92 Å². The van der Waals surface area contributed by atoms with Crippen LogP contribution in [0.15, 0.2) is 18.3 Å². The molecule has 1 aromatic rings. The summed E-state index contributed by atoms with van der Waals surface area (Å²) in [6, 6.07) is 4.99. The Balaban J connectivity index is 2.54. The molecule has 1 aliphatic rings. The Morgan fingerprint density at radius 1 is 1.64 bits per heavy atom. The zero-order chi connectivity index (χ0) is 10.2. The lowest BCUT2D eigenvalue weighted by Gasteiger charge is -2.04. The van der Waals surface area contributed by atoms with Crippen molar-refractivity contribution in [3.8, 4) is 6.07 Å². The van der Waals surface area contributed by atoms with E-state index in [1.807, 2.05) is 0 Å². The maximum absolute atomic E-state index is 10.7. The van der Waals surface area contributed by atoms with E-state index in [-0.39, 0.29) is 5.69 Å². The van der Waals surface area contributed by atoms with Crippen molar-refractivity contribution in [1.82, 2.24) is 4.98 Å². The van der Waals surface area contributed by atoms with E-state index in [1.54, 1.807) is 0 Å². The Kier molecular flexibility index (Phi) is 1.71. The van der Waals surface area contributed by atoms with Crippen molar-refractivity contribution in [3.05, 3.63) is 34.1 Å². The smallest absolute Gasteiger partial charge is 0.258 e. The molecule has 0 atom stereocenters. The second-order valence-electron chi connectivity index (χ2n) is 3.32. The molecule has 0 bridgehead atoms. The Bertz CT molecular complexity index is 432. The molecule has 0 radical (unpaired) electrons. The van der Waals surface area contributed by atoms with Crippen LogP contribution in [0, 0.1) is 21.4 Å². The molecule has 0 amide bonds. The molecule has 0 saturated heterocycles. The number of hydrogen-bond donors (Lipinski definition) is 0. The van der Waals surface area contributed by atoms with Gasteiger partial charge in [0.2, 0.25) is 0 Å². The third kappa shape index (κ3) is 1.12. The van der Waals surface area contributed by atoms with E-state index in [0.717, 1.165) is 0 Å². The third-order valence-electron chi connectivity index (χ3n) is 2.40. The van der Waals surface area contributed by atoms with Crippen molar-refractivity contribution in [2.24, 2.45) is 0 Å². The van der Waals surface area contributed by atoms with Crippen molar-refractivity contribution in [2.45, 2.75) is 18.3 Å². The number of nitro groups is 1. The van der Waals surface area contributed by atoms with Gasteiger partial charge in [0.15, 0.2) is 0 Å². The summed E-state index contributed by atoms with van der Waals surface area (Å²) >= 11 is 0. The lowest BCUT2D eigenvalue weighted by atomic mass is 10.0. The number of nitrogens with zero attached hydrogens (tertiary/aromatic N) is 3. The lowest BCUT2D eigenvalue weighted by Crippen LogP contribution is -2.09. The van der Waals surface area contributed by atoms with Crippen LogP contribution in [0.5, 0.6) is 0 Å². The topological polar surface area (TPSA) is 79.8 Å². The van der Waals surface area contributed by atoms with E-state index in [9.17, 15) is 10.1 Å². The molecular weight excluding hydrogens is 182 g/mol. The van der Waals surface area contributed by atoms with Crippen LogP contribution in [-0.2, 0) is 5.41 Å². The molecule has 14 heavy (non-hydrogen) atoms. The fraction of sp³-hybridized carbons (Fsp3) is 0.333. The first-order valence-corrected chi connectivity index (χ1v) is 4.21. The summed E-state index contributed by atoms with van der Waals surface area (Å²) in [5, 5.41) is 19.6. The van der Waals surface area contributed by atoms with Crippen molar-refractivity contribution >= 4 is 5.69 Å². The largest absolute Gasteiger partial charge is 0.292 e. The third-order valence-corrected chi connectivity index (χ3v) is 2.40. The van der Waals surface area contributed by atoms with E-state index in [4.69, 9.17) is 5.26 Å². The minimum Gasteiger partial charge on any atom is -0.258 e. The highest BCUT2D eigenvalue weighted by atomic mass is 16.6. The van der Waals surface area contributed by atoms with Crippen LogP contribution in [0.25, 0.3) is 0 Å². The maximum Gasteiger partial charge on any atom is 0.292 e. The molecule has 0 spiro atoms. The van der Waals surface area contributed by atoms with Crippen LogP contribution >= 0.6 is 0 Å². The quantitative estimate of drug-likeness (QED) is 0.522. The molecule has 1 fully saturated rings. The molecule has 0 unspecified atom stereocenters. The monoisotopic (exact) mass is 189 g/mol.